The molecule has 2 aromatic heterocycles. The summed E-state index contributed by atoms with van der Waals surface area (Å²) in [6.07, 6.45) is 2.22. The first kappa shape index (κ1) is 23.4. The monoisotopic (exact) mass is 490 g/mol. The van der Waals surface area contributed by atoms with E-state index in [1.165, 1.54) is 4.90 Å². The van der Waals surface area contributed by atoms with E-state index in [4.69, 9.17) is 10.7 Å². The summed E-state index contributed by atoms with van der Waals surface area (Å²) in [7, 11) is 0. The highest BCUT2D eigenvalue weighted by molar-refractivity contribution is 6.02. The van der Waals surface area contributed by atoms with Crippen molar-refractivity contribution in [3.63, 3.8) is 0 Å². The molecule has 4 N–H and O–H groups in total. The van der Waals surface area contributed by atoms with E-state index in [1.807, 2.05) is 36.4 Å². The second-order valence-electron chi connectivity index (χ2n) is 8.23. The molecule has 0 spiro atoms. The Hall–Kier alpha value is -5.31. The van der Waals surface area contributed by atoms with Crippen molar-refractivity contribution in [3.8, 4) is 11.4 Å². The molecule has 9 nitrogen and oxygen atoms in total. The number of carboxylic acid groups (broad SMARTS) is 1. The van der Waals surface area contributed by atoms with Crippen LogP contribution in [0.4, 0.5) is 22.0 Å². The molecule has 0 aliphatic rings. The summed E-state index contributed by atoms with van der Waals surface area (Å²) < 4.78 is 0. The van der Waals surface area contributed by atoms with Gasteiger partial charge in [-0.3, -0.25) is 14.7 Å². The zero-order valence-corrected chi connectivity index (χ0v) is 19.6. The predicted molar refractivity (Wildman–Crippen MR) is 142 cm³/mol. The van der Waals surface area contributed by atoms with Crippen LogP contribution in [0.5, 0.6) is 0 Å². The van der Waals surface area contributed by atoms with Crippen molar-refractivity contribution in [3.05, 3.63) is 108 Å². The molecule has 0 saturated heterocycles. The van der Waals surface area contributed by atoms with Crippen molar-refractivity contribution >= 4 is 40.1 Å². The van der Waals surface area contributed by atoms with Gasteiger partial charge in [0.2, 0.25) is 0 Å². The van der Waals surface area contributed by atoms with E-state index in [1.54, 1.807) is 60.9 Å². The number of nitrogens with zero attached hydrogens (tertiary/aromatic N) is 4. The third kappa shape index (κ3) is 5.06. The van der Waals surface area contributed by atoms with Crippen LogP contribution >= 0.6 is 0 Å². The lowest BCUT2D eigenvalue weighted by molar-refractivity contribution is 0.100. The lowest BCUT2D eigenvalue weighted by Crippen LogP contribution is -2.28. The normalized spacial score (nSPS) is 10.7. The number of carbonyl (C=O) groups is 2. The molecule has 2 amide bonds. The van der Waals surface area contributed by atoms with Crippen LogP contribution in [0.2, 0.25) is 0 Å². The molecule has 0 unspecified atom stereocenters. The molecule has 3 aromatic carbocycles. The molecule has 5 rings (SSSR count). The Balaban J connectivity index is 1.65. The fraction of sp³-hybridized carbons (Fsp3) is 0.0357. The molecule has 0 saturated carbocycles. The van der Waals surface area contributed by atoms with Gasteiger partial charge in [0.05, 0.1) is 23.3 Å². The minimum absolute atomic E-state index is 0.170. The maximum absolute atomic E-state index is 12.2. The molecule has 9 heteroatoms. The second-order valence-corrected chi connectivity index (χ2v) is 8.23. The maximum Gasteiger partial charge on any atom is 0.412 e. The Morgan fingerprint density at radius 2 is 1.70 bits per heavy atom. The van der Waals surface area contributed by atoms with Gasteiger partial charge >= 0.3 is 6.09 Å². The topological polar surface area (TPSA) is 134 Å². The van der Waals surface area contributed by atoms with E-state index in [2.05, 4.69) is 15.3 Å². The number of nitrogens with two attached hydrogens (primary N) is 1. The third-order valence-electron chi connectivity index (χ3n) is 5.77. The summed E-state index contributed by atoms with van der Waals surface area (Å²) in [5.74, 6) is 0.228. The lowest BCUT2D eigenvalue weighted by atomic mass is 10.1. The van der Waals surface area contributed by atoms with E-state index in [0.29, 0.717) is 45.0 Å². The van der Waals surface area contributed by atoms with Crippen LogP contribution in [0.3, 0.4) is 0 Å². The zero-order chi connectivity index (χ0) is 25.8. The Bertz CT molecular complexity index is 1590. The summed E-state index contributed by atoms with van der Waals surface area (Å²) in [4.78, 5) is 39.0. The highest BCUT2D eigenvalue weighted by Gasteiger charge is 2.19. The van der Waals surface area contributed by atoms with E-state index >= 15 is 0 Å². The van der Waals surface area contributed by atoms with Gasteiger partial charge in [0.15, 0.2) is 5.82 Å². The number of amides is 2. The largest absolute Gasteiger partial charge is 0.465 e. The number of hydrogen-bond donors (Lipinski definition) is 3. The number of para-hydroxylation sites is 1. The number of rotatable bonds is 7. The van der Waals surface area contributed by atoms with Crippen molar-refractivity contribution in [2.75, 3.05) is 10.2 Å². The second kappa shape index (κ2) is 10.1. The number of fused-ring (bicyclic) bond motifs is 1. The van der Waals surface area contributed by atoms with Gasteiger partial charge < -0.3 is 16.2 Å². The van der Waals surface area contributed by atoms with Crippen molar-refractivity contribution in [2.24, 2.45) is 5.73 Å². The number of pyridine rings is 1. The van der Waals surface area contributed by atoms with E-state index in [0.717, 1.165) is 5.56 Å². The van der Waals surface area contributed by atoms with Gasteiger partial charge in [-0.15, -0.1) is 0 Å². The summed E-state index contributed by atoms with van der Waals surface area (Å²) in [5.41, 5.74) is 8.94. The maximum atomic E-state index is 12.2. The van der Waals surface area contributed by atoms with Crippen molar-refractivity contribution in [1.82, 2.24) is 15.0 Å². The third-order valence-corrected chi connectivity index (χ3v) is 5.77. The quantitative estimate of drug-likeness (QED) is 0.285. The van der Waals surface area contributed by atoms with E-state index in [-0.39, 0.29) is 6.54 Å². The van der Waals surface area contributed by atoms with E-state index in [9.17, 15) is 14.7 Å². The van der Waals surface area contributed by atoms with Crippen molar-refractivity contribution < 1.29 is 14.7 Å². The van der Waals surface area contributed by atoms with E-state index < -0.39 is 12.0 Å². The van der Waals surface area contributed by atoms with Gasteiger partial charge in [0.25, 0.3) is 5.91 Å². The van der Waals surface area contributed by atoms with Crippen LogP contribution in [0, 0.1) is 0 Å². The fourth-order valence-corrected chi connectivity index (χ4v) is 3.97. The number of nitrogens with one attached hydrogen (secondary N) is 1. The smallest absolute Gasteiger partial charge is 0.412 e. The number of carbonyl (C=O) groups excluding carboxylic acids is 1. The molecule has 0 aliphatic carbocycles. The van der Waals surface area contributed by atoms with Gasteiger partial charge in [0.1, 0.15) is 5.82 Å². The Morgan fingerprint density at radius 3 is 2.43 bits per heavy atom. The zero-order valence-electron chi connectivity index (χ0n) is 19.6. The van der Waals surface area contributed by atoms with Crippen molar-refractivity contribution in [1.29, 1.82) is 0 Å². The SMILES string of the molecule is NC(=O)c1ccccc1Nc1nc(-c2cccnc2)nc2ccc(N(Cc3ccccc3)C(=O)O)cc12. The van der Waals surface area contributed by atoms with Gasteiger partial charge in [-0.2, -0.15) is 0 Å². The van der Waals surface area contributed by atoms with Crippen LogP contribution in [0.25, 0.3) is 22.3 Å². The van der Waals surface area contributed by atoms with Crippen molar-refractivity contribution in [2.45, 2.75) is 6.54 Å². The molecule has 0 bridgehead atoms. The Labute approximate surface area is 212 Å². The molecule has 0 fully saturated rings. The fourth-order valence-electron chi connectivity index (χ4n) is 3.97. The molecular formula is C28H22N6O3. The van der Waals surface area contributed by atoms with Crippen LogP contribution in [0.15, 0.2) is 97.3 Å². The number of hydrogen-bond acceptors (Lipinski definition) is 6. The first-order valence-electron chi connectivity index (χ1n) is 11.4. The minimum Gasteiger partial charge on any atom is -0.465 e. The average Bonchev–Trinajstić information content (AvgIpc) is 2.92. The predicted octanol–water partition coefficient (Wildman–Crippen LogP) is 5.22. The standard InChI is InChI=1S/C28H22N6O3/c29-25(35)21-10-4-5-11-23(21)32-27-22-15-20(34(28(36)37)17-18-7-2-1-3-8-18)12-13-24(22)31-26(33-27)19-9-6-14-30-16-19/h1-16H,17H2,(H2,29,35)(H,36,37)(H,31,32,33). The summed E-state index contributed by atoms with van der Waals surface area (Å²) in [6.45, 7) is 0.170. The van der Waals surface area contributed by atoms with Crippen LogP contribution in [-0.4, -0.2) is 32.1 Å². The van der Waals surface area contributed by atoms with Gasteiger partial charge in [-0.1, -0.05) is 42.5 Å². The first-order valence-corrected chi connectivity index (χ1v) is 11.4. The minimum atomic E-state index is -1.09. The van der Waals surface area contributed by atoms with Gasteiger partial charge in [-0.05, 0) is 48.0 Å². The number of primary amides is 1. The summed E-state index contributed by atoms with van der Waals surface area (Å²) in [6, 6.07) is 25.0. The first-order chi connectivity index (χ1) is 18.0. The summed E-state index contributed by atoms with van der Waals surface area (Å²) in [5, 5.41) is 13.8. The molecule has 0 atom stereocenters. The van der Waals surface area contributed by atoms with Gasteiger partial charge in [-0.25, -0.2) is 14.8 Å². The van der Waals surface area contributed by atoms with Crippen LogP contribution in [-0.2, 0) is 6.54 Å². The molecule has 2 heterocycles. The highest BCUT2D eigenvalue weighted by atomic mass is 16.4. The number of anilines is 3. The molecule has 0 radical (unpaired) electrons. The molecular weight excluding hydrogens is 468 g/mol. The molecule has 5 aromatic rings. The Kier molecular flexibility index (Phi) is 6.41. The van der Waals surface area contributed by atoms with Crippen LogP contribution in [0.1, 0.15) is 15.9 Å². The summed E-state index contributed by atoms with van der Waals surface area (Å²) >= 11 is 0. The molecule has 182 valence electrons. The Morgan fingerprint density at radius 1 is 0.919 bits per heavy atom. The lowest BCUT2D eigenvalue weighted by Gasteiger charge is -2.21. The number of benzene rings is 3. The average molecular weight is 491 g/mol. The van der Waals surface area contributed by atoms with Crippen LogP contribution < -0.4 is 16.0 Å². The van der Waals surface area contributed by atoms with Gasteiger partial charge in [0, 0.05) is 29.0 Å². The number of aromatic nitrogens is 3. The highest BCUT2D eigenvalue weighted by Crippen LogP contribution is 2.32. The molecule has 37 heavy (non-hydrogen) atoms. The molecule has 0 aliphatic heterocycles.